The van der Waals surface area contributed by atoms with Gasteiger partial charge in [-0.3, -0.25) is 20.2 Å². The molecular weight excluding hydrogens is 322 g/mol. The number of nitrogens with one attached hydrogen (secondary N) is 2. The Morgan fingerprint density at radius 1 is 0.840 bits per heavy atom. The molecule has 0 aromatic carbocycles. The van der Waals surface area contributed by atoms with Gasteiger partial charge < -0.3 is 4.74 Å². The van der Waals surface area contributed by atoms with Gasteiger partial charge in [0, 0.05) is 20.0 Å². The van der Waals surface area contributed by atoms with Crippen molar-refractivity contribution in [3.63, 3.8) is 0 Å². The van der Waals surface area contributed by atoms with Crippen LogP contribution in [0.4, 0.5) is 11.9 Å². The lowest BCUT2D eigenvalue weighted by Crippen LogP contribution is -2.19. The molecule has 0 aliphatic carbocycles. The maximum Gasteiger partial charge on any atom is 0.234 e. The fourth-order valence-corrected chi connectivity index (χ4v) is 2.17. The van der Waals surface area contributed by atoms with Gasteiger partial charge in [-0.25, -0.2) is 0 Å². The van der Waals surface area contributed by atoms with Crippen LogP contribution in [0.15, 0.2) is 0 Å². The zero-order chi connectivity index (χ0) is 18.5. The van der Waals surface area contributed by atoms with Crippen LogP contribution in [0.3, 0.4) is 0 Å². The first-order valence-corrected chi connectivity index (χ1v) is 8.92. The molecule has 0 aliphatic rings. The smallest absolute Gasteiger partial charge is 0.234 e. The van der Waals surface area contributed by atoms with E-state index in [2.05, 4.69) is 39.4 Å². The topological polar surface area (TPSA) is 106 Å². The number of ether oxygens (including phenoxy) is 1. The van der Waals surface area contributed by atoms with Crippen molar-refractivity contribution in [2.75, 3.05) is 17.7 Å². The molecule has 0 radical (unpaired) electrons. The van der Waals surface area contributed by atoms with Gasteiger partial charge in [0.05, 0.1) is 0 Å². The van der Waals surface area contributed by atoms with Crippen molar-refractivity contribution in [1.29, 1.82) is 0 Å². The average Bonchev–Trinajstić information content (AvgIpc) is 2.55. The number of amides is 2. The van der Waals surface area contributed by atoms with Crippen LogP contribution < -0.4 is 10.6 Å². The second-order valence-electron chi connectivity index (χ2n) is 5.84. The lowest BCUT2D eigenvalue weighted by molar-refractivity contribution is -0.117. The molecule has 1 heterocycles. The van der Waals surface area contributed by atoms with Crippen molar-refractivity contribution >= 4 is 23.7 Å². The fourth-order valence-electron chi connectivity index (χ4n) is 2.17. The molecule has 0 unspecified atom stereocenters. The van der Waals surface area contributed by atoms with Crippen molar-refractivity contribution in [1.82, 2.24) is 15.0 Å². The molecule has 25 heavy (non-hydrogen) atoms. The number of nitrogens with zero attached hydrogens (tertiary/aromatic N) is 3. The second-order valence-corrected chi connectivity index (χ2v) is 5.84. The molecule has 2 amide bonds. The monoisotopic (exact) mass is 351 g/mol. The number of aromatic nitrogens is 3. The van der Waals surface area contributed by atoms with Gasteiger partial charge in [0.1, 0.15) is 6.61 Å². The Kier molecular flexibility index (Phi) is 10.3. The molecule has 1 aromatic heterocycles. The molecule has 0 atom stereocenters. The molecule has 2 N–H and O–H groups in total. The molecule has 0 bridgehead atoms. The summed E-state index contributed by atoms with van der Waals surface area (Å²) in [6.45, 7) is 4.33. The number of carbonyl (C=O) groups is 2. The predicted octanol–water partition coefficient (Wildman–Crippen LogP) is 3.06. The first-order valence-electron chi connectivity index (χ1n) is 8.92. The van der Waals surface area contributed by atoms with Gasteiger partial charge in [-0.05, 0) is 12.8 Å². The summed E-state index contributed by atoms with van der Waals surface area (Å²) in [5, 5.41) is 5.32. The Balaban J connectivity index is 2.72. The van der Waals surface area contributed by atoms with Gasteiger partial charge in [-0.1, -0.05) is 39.5 Å². The summed E-state index contributed by atoms with van der Waals surface area (Å²) in [7, 11) is 1.52. The van der Waals surface area contributed by atoms with E-state index < -0.39 is 0 Å². The van der Waals surface area contributed by atoms with E-state index in [0.717, 1.165) is 38.5 Å². The summed E-state index contributed by atoms with van der Waals surface area (Å²) in [5.74, 6) is 0.316. The van der Waals surface area contributed by atoms with Crippen LogP contribution in [0, 0.1) is 0 Å². The zero-order valence-electron chi connectivity index (χ0n) is 15.4. The molecule has 1 rings (SSSR count). The van der Waals surface area contributed by atoms with Crippen molar-refractivity contribution in [2.45, 2.75) is 71.8 Å². The third-order valence-electron chi connectivity index (χ3n) is 3.47. The molecule has 0 fully saturated rings. The van der Waals surface area contributed by atoms with Gasteiger partial charge in [0.15, 0.2) is 5.82 Å². The summed E-state index contributed by atoms with van der Waals surface area (Å²) in [6, 6.07) is 0. The minimum atomic E-state index is -0.150. The van der Waals surface area contributed by atoms with Crippen molar-refractivity contribution in [2.24, 2.45) is 0 Å². The van der Waals surface area contributed by atoms with Crippen molar-refractivity contribution in [3.05, 3.63) is 5.82 Å². The Morgan fingerprint density at radius 2 is 1.32 bits per heavy atom. The third kappa shape index (κ3) is 9.09. The molecule has 0 saturated carbocycles. The number of hydrogen-bond donors (Lipinski definition) is 2. The van der Waals surface area contributed by atoms with Crippen molar-refractivity contribution in [3.8, 4) is 0 Å². The number of unbranched alkanes of at least 4 members (excludes halogenated alkanes) is 4. The minimum Gasteiger partial charge on any atom is -0.377 e. The Morgan fingerprint density at radius 3 is 1.72 bits per heavy atom. The van der Waals surface area contributed by atoms with E-state index in [1.807, 2.05) is 0 Å². The van der Waals surface area contributed by atoms with E-state index in [-0.39, 0.29) is 30.3 Å². The Labute approximate surface area is 149 Å². The number of anilines is 2. The SMILES string of the molecule is CCCCCC(=O)Nc1nc(COC)nc(NC(=O)CCCCC)n1. The third-order valence-corrected chi connectivity index (χ3v) is 3.47. The summed E-state index contributed by atoms with van der Waals surface area (Å²) < 4.78 is 5.03. The molecular formula is C17H29N5O3. The summed E-state index contributed by atoms with van der Waals surface area (Å²) in [6.07, 6.45) is 6.56. The van der Waals surface area contributed by atoms with Gasteiger partial charge in [0.2, 0.25) is 23.7 Å². The number of carbonyl (C=O) groups excluding carboxylic acids is 2. The van der Waals surface area contributed by atoms with Gasteiger partial charge in [0.25, 0.3) is 0 Å². The molecule has 0 aliphatic heterocycles. The van der Waals surface area contributed by atoms with Gasteiger partial charge >= 0.3 is 0 Å². The second kappa shape index (κ2) is 12.3. The highest BCUT2D eigenvalue weighted by Gasteiger charge is 2.12. The Bertz CT molecular complexity index is 509. The highest BCUT2D eigenvalue weighted by atomic mass is 16.5. The van der Waals surface area contributed by atoms with Crippen LogP contribution in [0.25, 0.3) is 0 Å². The van der Waals surface area contributed by atoms with Crippen LogP contribution >= 0.6 is 0 Å². The van der Waals surface area contributed by atoms with E-state index in [1.54, 1.807) is 0 Å². The number of methoxy groups -OCH3 is 1. The normalized spacial score (nSPS) is 10.5. The van der Waals surface area contributed by atoms with Gasteiger partial charge in [-0.15, -0.1) is 0 Å². The van der Waals surface area contributed by atoms with Crippen LogP contribution in [0.2, 0.25) is 0 Å². The highest BCUT2D eigenvalue weighted by molar-refractivity contribution is 5.90. The van der Waals surface area contributed by atoms with Gasteiger partial charge in [-0.2, -0.15) is 15.0 Å². The van der Waals surface area contributed by atoms with E-state index >= 15 is 0 Å². The van der Waals surface area contributed by atoms with Crippen molar-refractivity contribution < 1.29 is 14.3 Å². The number of rotatable bonds is 12. The average molecular weight is 351 g/mol. The standard InChI is InChI=1S/C17H29N5O3/c1-4-6-8-10-14(23)20-16-18-13(12-25-3)19-17(22-16)21-15(24)11-9-7-5-2/h4-12H2,1-3H3,(H2,18,19,20,21,22,23,24). The molecule has 8 nitrogen and oxygen atoms in total. The first-order chi connectivity index (χ1) is 12.1. The van der Waals surface area contributed by atoms with Crippen LogP contribution in [0.1, 0.15) is 71.0 Å². The molecule has 0 saturated heterocycles. The van der Waals surface area contributed by atoms with E-state index in [0.29, 0.717) is 18.7 Å². The molecule has 0 spiro atoms. The van der Waals surface area contributed by atoms with E-state index in [9.17, 15) is 9.59 Å². The largest absolute Gasteiger partial charge is 0.377 e. The quantitative estimate of drug-likeness (QED) is 0.561. The molecule has 8 heteroatoms. The summed E-state index contributed by atoms with van der Waals surface area (Å²) in [5.41, 5.74) is 0. The Hall–Kier alpha value is -2.09. The zero-order valence-corrected chi connectivity index (χ0v) is 15.4. The summed E-state index contributed by atoms with van der Waals surface area (Å²) >= 11 is 0. The lowest BCUT2D eigenvalue weighted by atomic mass is 10.2. The lowest BCUT2D eigenvalue weighted by Gasteiger charge is -2.09. The predicted molar refractivity (Wildman–Crippen MR) is 96.1 cm³/mol. The molecule has 140 valence electrons. The maximum atomic E-state index is 11.9. The highest BCUT2D eigenvalue weighted by Crippen LogP contribution is 2.09. The number of hydrogen-bond acceptors (Lipinski definition) is 6. The van der Waals surface area contributed by atoms with Crippen LogP contribution in [-0.4, -0.2) is 33.9 Å². The summed E-state index contributed by atoms with van der Waals surface area (Å²) in [4.78, 5) is 36.3. The van der Waals surface area contributed by atoms with E-state index in [4.69, 9.17) is 4.74 Å². The van der Waals surface area contributed by atoms with Crippen LogP contribution in [0.5, 0.6) is 0 Å². The minimum absolute atomic E-state index is 0.132. The maximum absolute atomic E-state index is 11.9. The van der Waals surface area contributed by atoms with Crippen LogP contribution in [-0.2, 0) is 20.9 Å². The fraction of sp³-hybridized carbons (Fsp3) is 0.706. The van der Waals surface area contributed by atoms with E-state index in [1.165, 1.54) is 7.11 Å². The molecule has 1 aromatic rings. The first kappa shape index (κ1) is 21.0.